The van der Waals surface area contributed by atoms with Gasteiger partial charge in [-0.1, -0.05) is 47.0 Å². The molecule has 0 bridgehead atoms. The Morgan fingerprint density at radius 3 is 1.90 bits per heavy atom. The molecule has 0 amide bonds. The molecule has 118 valence electrons. The van der Waals surface area contributed by atoms with E-state index in [9.17, 15) is 19.8 Å². The maximum Gasteiger partial charge on any atom is 0.309 e. The SMILES string of the molecule is CCC(C)(CCCCCC(C(=O)O)C(C)(C)C)C(=O)O. The minimum Gasteiger partial charge on any atom is -0.481 e. The van der Waals surface area contributed by atoms with E-state index < -0.39 is 17.4 Å². The highest BCUT2D eigenvalue weighted by Gasteiger charge is 2.31. The first-order valence-electron chi connectivity index (χ1n) is 7.51. The second-order valence-electron chi connectivity index (χ2n) is 7.08. The Labute approximate surface area is 122 Å². The summed E-state index contributed by atoms with van der Waals surface area (Å²) in [5.74, 6) is -1.81. The van der Waals surface area contributed by atoms with E-state index in [1.165, 1.54) is 0 Å². The van der Waals surface area contributed by atoms with Crippen LogP contribution in [-0.2, 0) is 9.59 Å². The average Bonchev–Trinajstić information content (AvgIpc) is 2.30. The zero-order valence-corrected chi connectivity index (χ0v) is 13.5. The van der Waals surface area contributed by atoms with Crippen LogP contribution in [0.4, 0.5) is 0 Å². The Morgan fingerprint density at radius 2 is 1.55 bits per heavy atom. The van der Waals surface area contributed by atoms with Gasteiger partial charge in [-0.3, -0.25) is 9.59 Å². The molecule has 4 nitrogen and oxygen atoms in total. The van der Waals surface area contributed by atoms with E-state index in [4.69, 9.17) is 0 Å². The lowest BCUT2D eigenvalue weighted by molar-refractivity contribution is -0.148. The second kappa shape index (κ2) is 7.65. The summed E-state index contributed by atoms with van der Waals surface area (Å²) >= 11 is 0. The van der Waals surface area contributed by atoms with Crippen molar-refractivity contribution < 1.29 is 19.8 Å². The molecule has 0 aromatic carbocycles. The number of carbonyl (C=O) groups is 2. The summed E-state index contributed by atoms with van der Waals surface area (Å²) < 4.78 is 0. The van der Waals surface area contributed by atoms with Crippen LogP contribution < -0.4 is 0 Å². The first-order chi connectivity index (χ1) is 9.04. The molecule has 0 aromatic heterocycles. The van der Waals surface area contributed by atoms with Gasteiger partial charge in [0.2, 0.25) is 0 Å². The van der Waals surface area contributed by atoms with E-state index in [0.29, 0.717) is 19.3 Å². The fourth-order valence-corrected chi connectivity index (χ4v) is 2.40. The average molecular weight is 286 g/mol. The van der Waals surface area contributed by atoms with Crippen molar-refractivity contribution in [3.05, 3.63) is 0 Å². The highest BCUT2D eigenvalue weighted by atomic mass is 16.4. The van der Waals surface area contributed by atoms with Gasteiger partial charge in [-0.2, -0.15) is 0 Å². The van der Waals surface area contributed by atoms with E-state index >= 15 is 0 Å². The van der Waals surface area contributed by atoms with Crippen molar-refractivity contribution in [3.63, 3.8) is 0 Å². The topological polar surface area (TPSA) is 74.6 Å². The molecular formula is C16H30O4. The van der Waals surface area contributed by atoms with Gasteiger partial charge in [-0.15, -0.1) is 0 Å². The fraction of sp³-hybridized carbons (Fsp3) is 0.875. The molecule has 2 atom stereocenters. The third-order valence-electron chi connectivity index (χ3n) is 4.36. The van der Waals surface area contributed by atoms with Crippen molar-refractivity contribution in [2.24, 2.45) is 16.7 Å². The number of unbranched alkanes of at least 4 members (excludes halogenated alkanes) is 2. The van der Waals surface area contributed by atoms with Gasteiger partial charge in [0.05, 0.1) is 11.3 Å². The van der Waals surface area contributed by atoms with Crippen molar-refractivity contribution in [3.8, 4) is 0 Å². The maximum absolute atomic E-state index is 11.2. The lowest BCUT2D eigenvalue weighted by Gasteiger charge is -2.27. The number of carboxylic acids is 2. The Balaban J connectivity index is 4.14. The van der Waals surface area contributed by atoms with Gasteiger partial charge in [-0.05, 0) is 31.6 Å². The summed E-state index contributed by atoms with van der Waals surface area (Å²) in [6, 6.07) is 0. The normalized spacial score (nSPS) is 16.4. The highest BCUT2D eigenvalue weighted by Crippen LogP contribution is 2.32. The molecule has 0 aromatic rings. The van der Waals surface area contributed by atoms with Crippen LogP contribution in [0.25, 0.3) is 0 Å². The molecule has 0 aliphatic carbocycles. The van der Waals surface area contributed by atoms with Gasteiger partial charge in [0.25, 0.3) is 0 Å². The van der Waals surface area contributed by atoms with Gasteiger partial charge in [0.15, 0.2) is 0 Å². The zero-order valence-electron chi connectivity index (χ0n) is 13.5. The summed E-state index contributed by atoms with van der Waals surface area (Å²) in [6.45, 7) is 9.53. The third kappa shape index (κ3) is 5.93. The Kier molecular flexibility index (Phi) is 7.25. The molecule has 2 N–H and O–H groups in total. The molecule has 20 heavy (non-hydrogen) atoms. The molecular weight excluding hydrogens is 256 g/mol. The van der Waals surface area contributed by atoms with Crippen LogP contribution in [0.15, 0.2) is 0 Å². The first-order valence-corrected chi connectivity index (χ1v) is 7.51. The lowest BCUT2D eigenvalue weighted by Crippen LogP contribution is -2.28. The monoisotopic (exact) mass is 286 g/mol. The van der Waals surface area contributed by atoms with Crippen molar-refractivity contribution in [1.82, 2.24) is 0 Å². The summed E-state index contributed by atoms with van der Waals surface area (Å²) in [5.41, 5.74) is -0.874. The summed E-state index contributed by atoms with van der Waals surface area (Å²) in [6.07, 6.45) is 4.52. The zero-order chi connectivity index (χ0) is 16.0. The number of carboxylic acid groups (broad SMARTS) is 2. The van der Waals surface area contributed by atoms with Crippen LogP contribution in [0.1, 0.15) is 73.1 Å². The second-order valence-corrected chi connectivity index (χ2v) is 7.08. The van der Waals surface area contributed by atoms with Crippen molar-refractivity contribution in [1.29, 1.82) is 0 Å². The maximum atomic E-state index is 11.2. The molecule has 2 unspecified atom stereocenters. The van der Waals surface area contributed by atoms with Gasteiger partial charge in [-0.25, -0.2) is 0 Å². The van der Waals surface area contributed by atoms with Crippen LogP contribution in [0.2, 0.25) is 0 Å². The lowest BCUT2D eigenvalue weighted by atomic mass is 9.77. The van der Waals surface area contributed by atoms with Gasteiger partial charge >= 0.3 is 11.9 Å². The van der Waals surface area contributed by atoms with Crippen LogP contribution in [0, 0.1) is 16.7 Å². The number of rotatable bonds is 9. The van der Waals surface area contributed by atoms with Gasteiger partial charge in [0, 0.05) is 0 Å². The first kappa shape index (κ1) is 18.9. The minimum absolute atomic E-state index is 0.231. The van der Waals surface area contributed by atoms with Gasteiger partial charge < -0.3 is 10.2 Å². The number of hydrogen-bond acceptors (Lipinski definition) is 2. The van der Waals surface area contributed by atoms with Crippen LogP contribution in [0.3, 0.4) is 0 Å². The van der Waals surface area contributed by atoms with E-state index in [1.807, 2.05) is 27.7 Å². The van der Waals surface area contributed by atoms with Gasteiger partial charge in [0.1, 0.15) is 0 Å². The van der Waals surface area contributed by atoms with Crippen LogP contribution in [0.5, 0.6) is 0 Å². The molecule has 0 radical (unpaired) electrons. The minimum atomic E-state index is -0.738. The Bertz CT molecular complexity index is 330. The van der Waals surface area contributed by atoms with E-state index in [2.05, 4.69) is 0 Å². The number of aliphatic carboxylic acids is 2. The van der Waals surface area contributed by atoms with Crippen molar-refractivity contribution in [2.45, 2.75) is 73.1 Å². The summed E-state index contributed by atoms with van der Waals surface area (Å²) in [7, 11) is 0. The van der Waals surface area contributed by atoms with Crippen LogP contribution >= 0.6 is 0 Å². The van der Waals surface area contributed by atoms with Crippen molar-refractivity contribution in [2.75, 3.05) is 0 Å². The predicted octanol–water partition coefficient (Wildman–Crippen LogP) is 4.18. The summed E-state index contributed by atoms with van der Waals surface area (Å²) in [4.78, 5) is 22.4. The third-order valence-corrected chi connectivity index (χ3v) is 4.36. The predicted molar refractivity (Wildman–Crippen MR) is 79.7 cm³/mol. The van der Waals surface area contributed by atoms with E-state index in [-0.39, 0.29) is 11.3 Å². The Hall–Kier alpha value is -1.06. The molecule has 0 rings (SSSR count). The van der Waals surface area contributed by atoms with E-state index in [0.717, 1.165) is 19.3 Å². The molecule has 0 saturated carbocycles. The number of hydrogen-bond donors (Lipinski definition) is 2. The molecule has 0 aliphatic heterocycles. The Morgan fingerprint density at radius 1 is 1.00 bits per heavy atom. The molecule has 0 saturated heterocycles. The molecule has 0 spiro atoms. The molecule has 0 heterocycles. The summed E-state index contributed by atoms with van der Waals surface area (Å²) in [5, 5.41) is 18.4. The van der Waals surface area contributed by atoms with E-state index in [1.54, 1.807) is 6.92 Å². The van der Waals surface area contributed by atoms with Crippen molar-refractivity contribution >= 4 is 11.9 Å². The van der Waals surface area contributed by atoms with Crippen LogP contribution in [-0.4, -0.2) is 22.2 Å². The molecule has 4 heteroatoms. The highest BCUT2D eigenvalue weighted by molar-refractivity contribution is 5.73. The quantitative estimate of drug-likeness (QED) is 0.623. The smallest absolute Gasteiger partial charge is 0.309 e. The molecule has 0 aliphatic rings. The molecule has 0 fully saturated rings. The fourth-order valence-electron chi connectivity index (χ4n) is 2.40. The standard InChI is InChI=1S/C16H30O4/c1-6-16(5,14(19)20)11-9-7-8-10-12(13(17)18)15(2,3)4/h12H,6-11H2,1-5H3,(H,17,18)(H,19,20). The largest absolute Gasteiger partial charge is 0.481 e.